The molecule has 3 N–H and O–H groups in total. The van der Waals surface area contributed by atoms with Crippen molar-refractivity contribution in [3.63, 3.8) is 0 Å². The van der Waals surface area contributed by atoms with Crippen molar-refractivity contribution in [3.05, 3.63) is 38.9 Å². The zero-order chi connectivity index (χ0) is 14.4. The summed E-state index contributed by atoms with van der Waals surface area (Å²) in [5.41, 5.74) is 7.19. The van der Waals surface area contributed by atoms with Gasteiger partial charge in [-0.1, -0.05) is 29.8 Å². The first-order valence-electron chi connectivity index (χ1n) is 6.35. The van der Waals surface area contributed by atoms with E-state index in [2.05, 4.69) is 25.9 Å². The molecule has 0 aliphatic carbocycles. The Hall–Kier alpha value is -1.66. The molecule has 2 aromatic heterocycles. The molecule has 0 amide bonds. The molecule has 0 spiro atoms. The van der Waals surface area contributed by atoms with Gasteiger partial charge in [-0.25, -0.2) is 4.98 Å². The first-order chi connectivity index (χ1) is 9.47. The van der Waals surface area contributed by atoms with Crippen LogP contribution < -0.4 is 11.3 Å². The average Bonchev–Trinajstić information content (AvgIpc) is 2.76. The van der Waals surface area contributed by atoms with Crippen molar-refractivity contribution in [3.8, 4) is 0 Å². The van der Waals surface area contributed by atoms with E-state index in [-0.39, 0.29) is 23.1 Å². The summed E-state index contributed by atoms with van der Waals surface area (Å²) in [5.74, 6) is 0.667. The number of aromatic nitrogens is 2. The molecule has 0 bridgehead atoms. The van der Waals surface area contributed by atoms with E-state index in [0.717, 1.165) is 9.86 Å². The summed E-state index contributed by atoms with van der Waals surface area (Å²) >= 11 is 3.41. The van der Waals surface area contributed by atoms with Crippen LogP contribution in [0, 0.1) is 5.92 Å². The quantitative estimate of drug-likeness (QED) is 0.753. The van der Waals surface area contributed by atoms with Gasteiger partial charge in [0.25, 0.3) is 5.56 Å². The summed E-state index contributed by atoms with van der Waals surface area (Å²) in [6.45, 7) is 3.97. The third-order valence-electron chi connectivity index (χ3n) is 3.34. The summed E-state index contributed by atoms with van der Waals surface area (Å²) < 4.78 is 6.47. The van der Waals surface area contributed by atoms with Crippen LogP contribution in [-0.2, 0) is 0 Å². The van der Waals surface area contributed by atoms with Crippen LogP contribution in [0.4, 0.5) is 0 Å². The number of halogens is 1. The van der Waals surface area contributed by atoms with E-state index in [1.165, 1.54) is 0 Å². The monoisotopic (exact) mass is 335 g/mol. The van der Waals surface area contributed by atoms with Crippen LogP contribution in [0.1, 0.15) is 25.7 Å². The molecule has 2 heterocycles. The van der Waals surface area contributed by atoms with Gasteiger partial charge in [-0.3, -0.25) is 4.79 Å². The predicted molar refractivity (Wildman–Crippen MR) is 81.6 cm³/mol. The number of nitrogens with zero attached hydrogens (tertiary/aromatic N) is 1. The van der Waals surface area contributed by atoms with Crippen molar-refractivity contribution in [1.82, 2.24) is 9.97 Å². The normalized spacial score (nSPS) is 13.4. The van der Waals surface area contributed by atoms with E-state index in [9.17, 15) is 4.79 Å². The third kappa shape index (κ3) is 2.05. The second kappa shape index (κ2) is 4.71. The summed E-state index contributed by atoms with van der Waals surface area (Å²) in [7, 11) is 0. The van der Waals surface area contributed by atoms with Gasteiger partial charge in [-0.15, -0.1) is 0 Å². The lowest BCUT2D eigenvalue weighted by Crippen LogP contribution is -2.23. The zero-order valence-corrected chi connectivity index (χ0v) is 12.7. The van der Waals surface area contributed by atoms with Crippen LogP contribution in [0.25, 0.3) is 22.1 Å². The minimum atomic E-state index is -0.316. The minimum absolute atomic E-state index is 0.181. The molecule has 20 heavy (non-hydrogen) atoms. The standard InChI is InChI=1S/C14H14BrN3O2/c1-6(2)10(16)13-17-11-8-5-7(15)3-4-9(8)20-12(11)14(19)18-13/h3-6,10H,16H2,1-2H3,(H,17,18,19). The van der Waals surface area contributed by atoms with Gasteiger partial charge in [0.05, 0.1) is 6.04 Å². The second-order valence-electron chi connectivity index (χ2n) is 5.14. The number of nitrogens with two attached hydrogens (primary N) is 1. The summed E-state index contributed by atoms with van der Waals surface area (Å²) in [6, 6.07) is 5.24. The number of rotatable bonds is 2. The molecule has 0 saturated carbocycles. The van der Waals surface area contributed by atoms with E-state index in [1.54, 1.807) is 0 Å². The first kappa shape index (κ1) is 13.3. The van der Waals surface area contributed by atoms with Crippen LogP contribution in [0.15, 0.2) is 31.9 Å². The summed E-state index contributed by atoms with van der Waals surface area (Å²) in [5, 5.41) is 0.803. The molecule has 0 radical (unpaired) electrons. The van der Waals surface area contributed by atoms with Gasteiger partial charge < -0.3 is 15.1 Å². The molecule has 5 nitrogen and oxygen atoms in total. The fourth-order valence-corrected chi connectivity index (χ4v) is 2.48. The molecule has 1 unspecified atom stereocenters. The van der Waals surface area contributed by atoms with Crippen molar-refractivity contribution in [1.29, 1.82) is 0 Å². The molecule has 0 aliphatic rings. The number of H-pyrrole nitrogens is 1. The molecule has 3 aromatic rings. The fourth-order valence-electron chi connectivity index (χ4n) is 2.12. The van der Waals surface area contributed by atoms with Crippen LogP contribution in [0.5, 0.6) is 0 Å². The molecule has 1 atom stereocenters. The number of hydrogen-bond donors (Lipinski definition) is 2. The predicted octanol–water partition coefficient (Wildman–Crippen LogP) is 3.09. The van der Waals surface area contributed by atoms with Crippen molar-refractivity contribution < 1.29 is 4.42 Å². The molecular weight excluding hydrogens is 322 g/mol. The van der Waals surface area contributed by atoms with Crippen molar-refractivity contribution >= 4 is 38.0 Å². The van der Waals surface area contributed by atoms with E-state index in [4.69, 9.17) is 10.2 Å². The van der Waals surface area contributed by atoms with E-state index in [1.807, 2.05) is 32.0 Å². The van der Waals surface area contributed by atoms with Crippen LogP contribution >= 0.6 is 15.9 Å². The van der Waals surface area contributed by atoms with Crippen LogP contribution in [0.3, 0.4) is 0 Å². The third-order valence-corrected chi connectivity index (χ3v) is 3.83. The largest absolute Gasteiger partial charge is 0.449 e. The maximum atomic E-state index is 12.1. The maximum Gasteiger partial charge on any atom is 0.294 e. The Labute approximate surface area is 123 Å². The maximum absolute atomic E-state index is 12.1. The lowest BCUT2D eigenvalue weighted by molar-refractivity contribution is 0.490. The highest BCUT2D eigenvalue weighted by Gasteiger charge is 2.18. The highest BCUT2D eigenvalue weighted by Crippen LogP contribution is 2.28. The van der Waals surface area contributed by atoms with Crippen molar-refractivity contribution in [2.45, 2.75) is 19.9 Å². The Bertz CT molecular complexity index is 851. The lowest BCUT2D eigenvalue weighted by atomic mass is 10.1. The van der Waals surface area contributed by atoms with E-state index < -0.39 is 0 Å². The fraction of sp³-hybridized carbons (Fsp3) is 0.286. The molecule has 0 aliphatic heterocycles. The Balaban J connectivity index is 2.36. The number of benzene rings is 1. The summed E-state index contributed by atoms with van der Waals surface area (Å²) in [6.07, 6.45) is 0. The number of aromatic amines is 1. The van der Waals surface area contributed by atoms with Crippen molar-refractivity contribution in [2.75, 3.05) is 0 Å². The Morgan fingerprint density at radius 1 is 1.40 bits per heavy atom. The first-order valence-corrected chi connectivity index (χ1v) is 7.14. The molecule has 3 rings (SSSR count). The number of hydrogen-bond acceptors (Lipinski definition) is 4. The Kier molecular flexibility index (Phi) is 3.14. The van der Waals surface area contributed by atoms with E-state index >= 15 is 0 Å². The van der Waals surface area contributed by atoms with Crippen LogP contribution in [-0.4, -0.2) is 9.97 Å². The van der Waals surface area contributed by atoms with Gasteiger partial charge in [0.2, 0.25) is 5.58 Å². The molecular formula is C14H14BrN3O2. The van der Waals surface area contributed by atoms with Gasteiger partial charge >= 0.3 is 0 Å². The molecule has 6 heteroatoms. The molecule has 104 valence electrons. The topological polar surface area (TPSA) is 84.9 Å². The summed E-state index contributed by atoms with van der Waals surface area (Å²) in [4.78, 5) is 19.3. The Morgan fingerprint density at radius 2 is 2.15 bits per heavy atom. The average molecular weight is 336 g/mol. The molecule has 0 saturated heterocycles. The SMILES string of the molecule is CC(C)C(N)c1nc2c(oc3ccc(Br)cc32)c(=O)[nH]1. The van der Waals surface area contributed by atoms with Crippen molar-refractivity contribution in [2.24, 2.45) is 11.7 Å². The van der Waals surface area contributed by atoms with Gasteiger partial charge in [0.1, 0.15) is 16.9 Å². The molecule has 0 fully saturated rings. The zero-order valence-electron chi connectivity index (χ0n) is 11.1. The smallest absolute Gasteiger partial charge is 0.294 e. The number of nitrogens with one attached hydrogen (secondary N) is 1. The second-order valence-corrected chi connectivity index (χ2v) is 6.06. The van der Waals surface area contributed by atoms with Gasteiger partial charge in [-0.2, -0.15) is 0 Å². The minimum Gasteiger partial charge on any atom is -0.449 e. The van der Waals surface area contributed by atoms with E-state index in [0.29, 0.717) is 16.9 Å². The van der Waals surface area contributed by atoms with Gasteiger partial charge in [0.15, 0.2) is 0 Å². The highest BCUT2D eigenvalue weighted by atomic mass is 79.9. The number of furan rings is 1. The Morgan fingerprint density at radius 3 is 2.85 bits per heavy atom. The van der Waals surface area contributed by atoms with Gasteiger partial charge in [-0.05, 0) is 24.1 Å². The van der Waals surface area contributed by atoms with Crippen LogP contribution in [0.2, 0.25) is 0 Å². The lowest BCUT2D eigenvalue weighted by Gasteiger charge is -2.13. The van der Waals surface area contributed by atoms with Gasteiger partial charge in [0, 0.05) is 9.86 Å². The number of fused-ring (bicyclic) bond motifs is 3. The molecule has 1 aromatic carbocycles. The highest BCUT2D eigenvalue weighted by molar-refractivity contribution is 9.10.